The number of hydrogen-bond donors (Lipinski definition) is 3. The van der Waals surface area contributed by atoms with Gasteiger partial charge in [-0.1, -0.05) is 0 Å². The van der Waals surface area contributed by atoms with Gasteiger partial charge >= 0.3 is 0 Å². The highest BCUT2D eigenvalue weighted by atomic mass is 16.5. The fraction of sp³-hybridized carbons (Fsp3) is 0.818. The zero-order valence-corrected chi connectivity index (χ0v) is 10.0. The fourth-order valence-electron chi connectivity index (χ4n) is 1.94. The standard InChI is InChI=1S/C11H19N3O3/c1-11(6-12-7-11)17-5-10(16)13-4-8-2-3-9(15)14-8/h8,12H,2-7H2,1H3,(H,13,16)(H,14,15). The van der Waals surface area contributed by atoms with E-state index in [0.717, 1.165) is 19.5 Å². The molecule has 1 unspecified atom stereocenters. The van der Waals surface area contributed by atoms with Crippen LogP contribution in [-0.4, -0.2) is 49.7 Å². The highest BCUT2D eigenvalue weighted by molar-refractivity contribution is 5.79. The van der Waals surface area contributed by atoms with Crippen LogP contribution in [0.25, 0.3) is 0 Å². The van der Waals surface area contributed by atoms with E-state index in [-0.39, 0.29) is 30.1 Å². The van der Waals surface area contributed by atoms with Crippen molar-refractivity contribution in [1.29, 1.82) is 0 Å². The summed E-state index contributed by atoms with van der Waals surface area (Å²) >= 11 is 0. The van der Waals surface area contributed by atoms with Gasteiger partial charge < -0.3 is 20.7 Å². The van der Waals surface area contributed by atoms with Gasteiger partial charge in [0, 0.05) is 32.1 Å². The first-order valence-corrected chi connectivity index (χ1v) is 5.98. The van der Waals surface area contributed by atoms with Crippen molar-refractivity contribution in [3.63, 3.8) is 0 Å². The van der Waals surface area contributed by atoms with Gasteiger partial charge in [-0.2, -0.15) is 0 Å². The minimum Gasteiger partial charge on any atom is -0.363 e. The molecule has 0 aliphatic carbocycles. The van der Waals surface area contributed by atoms with Crippen molar-refractivity contribution in [3.05, 3.63) is 0 Å². The molecule has 6 nitrogen and oxygen atoms in total. The summed E-state index contributed by atoms with van der Waals surface area (Å²) in [5, 5.41) is 8.67. The largest absolute Gasteiger partial charge is 0.363 e. The third kappa shape index (κ3) is 3.41. The molecule has 2 heterocycles. The second-order valence-corrected chi connectivity index (χ2v) is 4.95. The number of carbonyl (C=O) groups is 2. The molecule has 2 aliphatic rings. The Kier molecular flexibility index (Phi) is 3.63. The van der Waals surface area contributed by atoms with Crippen molar-refractivity contribution >= 4 is 11.8 Å². The van der Waals surface area contributed by atoms with E-state index in [2.05, 4.69) is 16.0 Å². The Hall–Kier alpha value is -1.14. The molecule has 0 aromatic carbocycles. The van der Waals surface area contributed by atoms with Crippen LogP contribution < -0.4 is 16.0 Å². The summed E-state index contributed by atoms with van der Waals surface area (Å²) in [6, 6.07) is 0.0763. The minimum absolute atomic E-state index is 0.0635. The number of carbonyl (C=O) groups excluding carboxylic acids is 2. The van der Waals surface area contributed by atoms with E-state index in [9.17, 15) is 9.59 Å². The average molecular weight is 241 g/mol. The summed E-state index contributed by atoms with van der Waals surface area (Å²) < 4.78 is 5.50. The molecule has 2 saturated heterocycles. The van der Waals surface area contributed by atoms with Gasteiger partial charge in [0.15, 0.2) is 0 Å². The van der Waals surface area contributed by atoms with Gasteiger partial charge in [-0.15, -0.1) is 0 Å². The van der Waals surface area contributed by atoms with E-state index in [0.29, 0.717) is 13.0 Å². The van der Waals surface area contributed by atoms with Gasteiger partial charge in [0.05, 0.1) is 5.60 Å². The maximum Gasteiger partial charge on any atom is 0.246 e. The molecular formula is C11H19N3O3. The second-order valence-electron chi connectivity index (χ2n) is 4.95. The van der Waals surface area contributed by atoms with Crippen LogP contribution in [0.15, 0.2) is 0 Å². The Morgan fingerprint density at radius 1 is 1.59 bits per heavy atom. The van der Waals surface area contributed by atoms with Gasteiger partial charge in [-0.25, -0.2) is 0 Å². The molecule has 0 saturated carbocycles. The normalized spacial score (nSPS) is 26.2. The first kappa shape index (κ1) is 12.3. The van der Waals surface area contributed by atoms with Crippen LogP contribution in [0, 0.1) is 0 Å². The zero-order chi connectivity index (χ0) is 12.3. The van der Waals surface area contributed by atoms with E-state index < -0.39 is 0 Å². The summed E-state index contributed by atoms with van der Waals surface area (Å²) in [6.45, 7) is 4.13. The Labute approximate surface area is 100 Å². The molecule has 3 N–H and O–H groups in total. The maximum atomic E-state index is 11.5. The number of rotatable bonds is 5. The molecular weight excluding hydrogens is 222 g/mol. The van der Waals surface area contributed by atoms with Crippen molar-refractivity contribution in [2.75, 3.05) is 26.2 Å². The van der Waals surface area contributed by atoms with Crippen LogP contribution in [0.3, 0.4) is 0 Å². The Morgan fingerprint density at radius 2 is 2.35 bits per heavy atom. The van der Waals surface area contributed by atoms with Crippen LogP contribution in [-0.2, 0) is 14.3 Å². The highest BCUT2D eigenvalue weighted by Gasteiger charge is 2.33. The van der Waals surface area contributed by atoms with Gasteiger partial charge in [-0.05, 0) is 13.3 Å². The van der Waals surface area contributed by atoms with E-state index in [4.69, 9.17) is 4.74 Å². The molecule has 2 rings (SSSR count). The first-order valence-electron chi connectivity index (χ1n) is 5.98. The molecule has 0 bridgehead atoms. The molecule has 0 radical (unpaired) electrons. The lowest BCUT2D eigenvalue weighted by molar-refractivity contribution is -0.136. The summed E-state index contributed by atoms with van der Waals surface area (Å²) in [5.74, 6) is -0.0622. The van der Waals surface area contributed by atoms with E-state index in [1.54, 1.807) is 0 Å². The zero-order valence-electron chi connectivity index (χ0n) is 10.0. The number of hydrogen-bond acceptors (Lipinski definition) is 4. The minimum atomic E-state index is -0.196. The van der Waals surface area contributed by atoms with Crippen molar-refractivity contribution in [3.8, 4) is 0 Å². The Morgan fingerprint density at radius 3 is 2.88 bits per heavy atom. The Bertz CT molecular complexity index is 315. The van der Waals surface area contributed by atoms with Crippen LogP contribution in [0.4, 0.5) is 0 Å². The van der Waals surface area contributed by atoms with Gasteiger partial charge in [0.25, 0.3) is 0 Å². The quantitative estimate of drug-likeness (QED) is 0.562. The van der Waals surface area contributed by atoms with Crippen molar-refractivity contribution in [1.82, 2.24) is 16.0 Å². The monoisotopic (exact) mass is 241 g/mol. The van der Waals surface area contributed by atoms with Gasteiger partial charge in [0.1, 0.15) is 6.61 Å². The highest BCUT2D eigenvalue weighted by Crippen LogP contribution is 2.14. The lowest BCUT2D eigenvalue weighted by atomic mass is 10.0. The number of nitrogens with one attached hydrogen (secondary N) is 3. The Balaban J connectivity index is 1.59. The summed E-state index contributed by atoms with van der Waals surface area (Å²) in [6.07, 6.45) is 1.35. The predicted molar refractivity (Wildman–Crippen MR) is 61.4 cm³/mol. The molecule has 1 atom stereocenters. The number of ether oxygens (including phenoxy) is 1. The summed E-state index contributed by atoms with van der Waals surface area (Å²) in [5.41, 5.74) is -0.196. The molecule has 0 aromatic heterocycles. The van der Waals surface area contributed by atoms with Crippen molar-refractivity contribution in [2.45, 2.75) is 31.4 Å². The summed E-state index contributed by atoms with van der Waals surface area (Å²) in [4.78, 5) is 22.4. The van der Waals surface area contributed by atoms with Crippen molar-refractivity contribution < 1.29 is 14.3 Å². The van der Waals surface area contributed by atoms with Crippen LogP contribution >= 0.6 is 0 Å². The molecule has 6 heteroatoms. The van der Waals surface area contributed by atoms with Crippen molar-refractivity contribution in [2.24, 2.45) is 0 Å². The number of amides is 2. The lowest BCUT2D eigenvalue weighted by Crippen LogP contribution is -2.59. The molecule has 2 fully saturated rings. The van der Waals surface area contributed by atoms with Gasteiger partial charge in [-0.3, -0.25) is 9.59 Å². The molecule has 2 aliphatic heterocycles. The van der Waals surface area contributed by atoms with E-state index >= 15 is 0 Å². The van der Waals surface area contributed by atoms with E-state index in [1.807, 2.05) is 6.92 Å². The second kappa shape index (κ2) is 5.01. The molecule has 17 heavy (non-hydrogen) atoms. The predicted octanol–water partition coefficient (Wildman–Crippen LogP) is -1.24. The third-order valence-corrected chi connectivity index (χ3v) is 3.18. The van der Waals surface area contributed by atoms with Gasteiger partial charge in [0.2, 0.25) is 11.8 Å². The van der Waals surface area contributed by atoms with Crippen LogP contribution in [0.2, 0.25) is 0 Å². The topological polar surface area (TPSA) is 79.5 Å². The fourth-order valence-corrected chi connectivity index (χ4v) is 1.94. The van der Waals surface area contributed by atoms with Crippen LogP contribution in [0.1, 0.15) is 19.8 Å². The lowest BCUT2D eigenvalue weighted by Gasteiger charge is -2.38. The third-order valence-electron chi connectivity index (χ3n) is 3.18. The average Bonchev–Trinajstić information content (AvgIpc) is 2.67. The maximum absolute atomic E-state index is 11.5. The van der Waals surface area contributed by atoms with E-state index in [1.165, 1.54) is 0 Å². The first-order chi connectivity index (χ1) is 8.07. The van der Waals surface area contributed by atoms with Crippen LogP contribution in [0.5, 0.6) is 0 Å². The summed E-state index contributed by atoms with van der Waals surface area (Å²) in [7, 11) is 0. The molecule has 2 amide bonds. The smallest absolute Gasteiger partial charge is 0.246 e. The molecule has 0 spiro atoms. The SMILES string of the molecule is CC1(OCC(=O)NCC2CCC(=O)N2)CNC1. The molecule has 0 aromatic rings. The molecule has 96 valence electrons.